The second-order valence-electron chi connectivity index (χ2n) is 5.48. The van der Waals surface area contributed by atoms with Crippen molar-refractivity contribution in [2.75, 3.05) is 32.4 Å². The fraction of sp³-hybridized carbons (Fsp3) is 0.438. The lowest BCUT2D eigenvalue weighted by atomic mass is 10.1. The summed E-state index contributed by atoms with van der Waals surface area (Å²) in [7, 11) is -1.52. The number of rotatable bonds is 8. The molecule has 1 aromatic heterocycles. The predicted octanol–water partition coefficient (Wildman–Crippen LogP) is 0.954. The van der Waals surface area contributed by atoms with Gasteiger partial charge in [-0.05, 0) is 37.1 Å². The molecule has 0 aliphatic carbocycles. The van der Waals surface area contributed by atoms with E-state index in [-0.39, 0.29) is 11.6 Å². The fourth-order valence-electron chi connectivity index (χ4n) is 2.39. The van der Waals surface area contributed by atoms with Crippen LogP contribution in [0.2, 0.25) is 0 Å². The Hall–Kier alpha value is -2.13. The summed E-state index contributed by atoms with van der Waals surface area (Å²) in [4.78, 5) is 7.16. The van der Waals surface area contributed by atoms with E-state index >= 15 is 0 Å². The molecule has 0 saturated heterocycles. The Morgan fingerprint density at radius 2 is 2.00 bits per heavy atom. The Bertz CT molecular complexity index is 832. The zero-order valence-electron chi connectivity index (χ0n) is 14.4. The number of nitrogens with one attached hydrogen (secondary N) is 4. The largest absolute Gasteiger partial charge is 0.361 e. The molecule has 9 heteroatoms. The van der Waals surface area contributed by atoms with Crippen LogP contribution < -0.4 is 15.4 Å². The predicted molar refractivity (Wildman–Crippen MR) is 98.8 cm³/mol. The molecule has 0 bridgehead atoms. The van der Waals surface area contributed by atoms with Gasteiger partial charge in [0, 0.05) is 43.8 Å². The summed E-state index contributed by atoms with van der Waals surface area (Å²) in [5, 5.41) is 7.21. The van der Waals surface area contributed by atoms with Gasteiger partial charge in [-0.15, -0.1) is 0 Å². The van der Waals surface area contributed by atoms with E-state index in [4.69, 9.17) is 0 Å². The van der Waals surface area contributed by atoms with E-state index in [0.29, 0.717) is 25.6 Å². The highest BCUT2D eigenvalue weighted by Crippen LogP contribution is 2.19. The highest BCUT2D eigenvalue weighted by Gasteiger charge is 2.06. The van der Waals surface area contributed by atoms with Crippen LogP contribution in [0.15, 0.2) is 29.4 Å². The highest BCUT2D eigenvalue weighted by atomic mass is 32.2. The van der Waals surface area contributed by atoms with Gasteiger partial charge in [-0.1, -0.05) is 0 Å². The maximum Gasteiger partial charge on any atom is 0.211 e. The average Bonchev–Trinajstić information content (AvgIpc) is 2.99. The van der Waals surface area contributed by atoms with Gasteiger partial charge in [0.1, 0.15) is 5.82 Å². The lowest BCUT2D eigenvalue weighted by Gasteiger charge is -2.12. The number of aromatic amines is 1. The number of benzene rings is 1. The van der Waals surface area contributed by atoms with Crippen molar-refractivity contribution >= 4 is 26.9 Å². The number of aromatic nitrogens is 1. The first kappa shape index (κ1) is 19.2. The molecule has 2 rings (SSSR count). The molecule has 0 amide bonds. The molecule has 25 heavy (non-hydrogen) atoms. The Balaban J connectivity index is 1.77. The van der Waals surface area contributed by atoms with Crippen LogP contribution in [0.4, 0.5) is 4.39 Å². The number of aliphatic imine (C=N–C) groups is 1. The van der Waals surface area contributed by atoms with E-state index < -0.39 is 10.0 Å². The summed E-state index contributed by atoms with van der Waals surface area (Å²) in [6.07, 6.45) is 2.62. The van der Waals surface area contributed by atoms with Crippen molar-refractivity contribution in [2.24, 2.45) is 4.99 Å². The highest BCUT2D eigenvalue weighted by molar-refractivity contribution is 7.89. The molecule has 0 aliphatic rings. The van der Waals surface area contributed by atoms with Crippen molar-refractivity contribution in [3.05, 3.63) is 35.8 Å². The normalized spacial score (nSPS) is 12.5. The maximum absolute atomic E-state index is 13.2. The van der Waals surface area contributed by atoms with Crippen LogP contribution in [0.1, 0.15) is 12.5 Å². The SMILES string of the molecule is CCS(=O)(=O)NCCNC(=NC)NCCc1c[nH]c2cc(F)ccc12. The minimum Gasteiger partial charge on any atom is -0.361 e. The van der Waals surface area contributed by atoms with Crippen LogP contribution in [0.3, 0.4) is 0 Å². The van der Waals surface area contributed by atoms with Crippen molar-refractivity contribution < 1.29 is 12.8 Å². The van der Waals surface area contributed by atoms with Gasteiger partial charge in [0.2, 0.25) is 10.0 Å². The van der Waals surface area contributed by atoms with Crippen LogP contribution in [-0.4, -0.2) is 51.8 Å². The number of halogens is 1. The van der Waals surface area contributed by atoms with Crippen LogP contribution >= 0.6 is 0 Å². The Kier molecular flexibility index (Phi) is 6.77. The molecule has 2 aromatic rings. The number of fused-ring (bicyclic) bond motifs is 1. The van der Waals surface area contributed by atoms with Gasteiger partial charge in [0.25, 0.3) is 0 Å². The summed E-state index contributed by atoms with van der Waals surface area (Å²) in [6, 6.07) is 4.69. The van der Waals surface area contributed by atoms with E-state index in [2.05, 4.69) is 25.3 Å². The standard InChI is InChI=1S/C16H24FN5O2S/c1-3-25(23,24)22-9-8-20-16(18-2)19-7-6-12-11-21-15-10-13(17)4-5-14(12)15/h4-5,10-11,21-22H,3,6-9H2,1-2H3,(H2,18,19,20). The van der Waals surface area contributed by atoms with E-state index in [1.165, 1.54) is 12.1 Å². The zero-order chi connectivity index (χ0) is 18.3. The van der Waals surface area contributed by atoms with Crippen LogP contribution in [0.25, 0.3) is 10.9 Å². The van der Waals surface area contributed by atoms with Crippen molar-refractivity contribution in [3.8, 4) is 0 Å². The summed E-state index contributed by atoms with van der Waals surface area (Å²) in [5.41, 5.74) is 1.87. The molecule has 0 fully saturated rings. The van der Waals surface area contributed by atoms with Gasteiger partial charge in [0.05, 0.1) is 5.75 Å². The first-order valence-corrected chi connectivity index (χ1v) is 9.77. The third kappa shape index (κ3) is 5.71. The quantitative estimate of drug-likeness (QED) is 0.316. The third-order valence-corrected chi connectivity index (χ3v) is 5.16. The molecule has 0 atom stereocenters. The van der Waals surface area contributed by atoms with E-state index in [9.17, 15) is 12.8 Å². The molecule has 0 spiro atoms. The molecule has 4 N–H and O–H groups in total. The summed E-state index contributed by atoms with van der Waals surface area (Å²) < 4.78 is 38.3. The molecular weight excluding hydrogens is 345 g/mol. The van der Waals surface area contributed by atoms with Crippen LogP contribution in [0, 0.1) is 5.82 Å². The first-order chi connectivity index (χ1) is 11.9. The smallest absolute Gasteiger partial charge is 0.211 e. The third-order valence-electron chi connectivity index (χ3n) is 3.76. The molecule has 1 aromatic carbocycles. The molecule has 138 valence electrons. The topological polar surface area (TPSA) is 98.4 Å². The summed E-state index contributed by atoms with van der Waals surface area (Å²) in [5.74, 6) is 0.401. The van der Waals surface area contributed by atoms with Gasteiger partial charge >= 0.3 is 0 Å². The lowest BCUT2D eigenvalue weighted by molar-refractivity contribution is 0.582. The molecular formula is C16H24FN5O2S. The molecule has 0 unspecified atom stereocenters. The van der Waals surface area contributed by atoms with Gasteiger partial charge in [0.15, 0.2) is 5.96 Å². The van der Waals surface area contributed by atoms with Crippen LogP contribution in [0.5, 0.6) is 0 Å². The molecule has 0 radical (unpaired) electrons. The Morgan fingerprint density at radius 3 is 2.72 bits per heavy atom. The number of nitrogens with zero attached hydrogens (tertiary/aromatic N) is 1. The zero-order valence-corrected chi connectivity index (χ0v) is 15.2. The van der Waals surface area contributed by atoms with Crippen molar-refractivity contribution in [1.82, 2.24) is 20.3 Å². The van der Waals surface area contributed by atoms with Gasteiger partial charge in [-0.3, -0.25) is 4.99 Å². The number of sulfonamides is 1. The first-order valence-electron chi connectivity index (χ1n) is 8.12. The van der Waals surface area contributed by atoms with Gasteiger partial charge < -0.3 is 15.6 Å². The van der Waals surface area contributed by atoms with Gasteiger partial charge in [-0.2, -0.15) is 0 Å². The molecule has 0 aliphatic heterocycles. The van der Waals surface area contributed by atoms with Crippen molar-refractivity contribution in [3.63, 3.8) is 0 Å². The second-order valence-corrected chi connectivity index (χ2v) is 7.57. The van der Waals surface area contributed by atoms with Crippen LogP contribution in [-0.2, 0) is 16.4 Å². The molecule has 1 heterocycles. The maximum atomic E-state index is 13.2. The van der Waals surface area contributed by atoms with E-state index in [0.717, 1.165) is 22.9 Å². The Morgan fingerprint density at radius 1 is 1.24 bits per heavy atom. The minimum atomic E-state index is -3.18. The average molecular weight is 369 g/mol. The second kappa shape index (κ2) is 8.82. The monoisotopic (exact) mass is 369 g/mol. The van der Waals surface area contributed by atoms with Crippen molar-refractivity contribution in [2.45, 2.75) is 13.3 Å². The summed E-state index contributed by atoms with van der Waals surface area (Å²) in [6.45, 7) is 2.97. The fourth-order valence-corrected chi connectivity index (χ4v) is 3.01. The number of hydrogen-bond acceptors (Lipinski definition) is 3. The van der Waals surface area contributed by atoms with E-state index in [1.54, 1.807) is 20.0 Å². The number of H-pyrrole nitrogens is 1. The lowest BCUT2D eigenvalue weighted by Crippen LogP contribution is -2.42. The Labute approximate surface area is 147 Å². The van der Waals surface area contributed by atoms with E-state index in [1.807, 2.05) is 6.20 Å². The summed E-state index contributed by atoms with van der Waals surface area (Å²) >= 11 is 0. The molecule has 0 saturated carbocycles. The van der Waals surface area contributed by atoms with Gasteiger partial charge in [-0.25, -0.2) is 17.5 Å². The van der Waals surface area contributed by atoms with Crippen molar-refractivity contribution in [1.29, 1.82) is 0 Å². The number of hydrogen-bond donors (Lipinski definition) is 4. The number of guanidine groups is 1. The molecule has 7 nitrogen and oxygen atoms in total. The minimum absolute atomic E-state index is 0.0640.